The lowest BCUT2D eigenvalue weighted by Gasteiger charge is -2.39. The Morgan fingerprint density at radius 1 is 1.36 bits per heavy atom. The quantitative estimate of drug-likeness (QED) is 0.720. The zero-order chi connectivity index (χ0) is 20.2. The van der Waals surface area contributed by atoms with E-state index in [2.05, 4.69) is 6.92 Å². The summed E-state index contributed by atoms with van der Waals surface area (Å²) < 4.78 is 1.77. The summed E-state index contributed by atoms with van der Waals surface area (Å²) >= 11 is 6.73. The number of carboxylic acid groups (broad SMARTS) is 1. The van der Waals surface area contributed by atoms with Gasteiger partial charge in [0.15, 0.2) is 0 Å². The minimum atomic E-state index is -1.29. The van der Waals surface area contributed by atoms with E-state index in [0.717, 1.165) is 32.1 Å². The summed E-state index contributed by atoms with van der Waals surface area (Å²) in [5.41, 5.74) is 6.31. The minimum Gasteiger partial charge on any atom is -0.506 e. The molecule has 2 atom stereocenters. The Morgan fingerprint density at radius 2 is 2.07 bits per heavy atom. The zero-order valence-electron chi connectivity index (χ0n) is 15.7. The lowest BCUT2D eigenvalue weighted by molar-refractivity contribution is 0.0695. The van der Waals surface area contributed by atoms with Gasteiger partial charge in [0, 0.05) is 18.8 Å². The second kappa shape index (κ2) is 6.97. The first kappa shape index (κ1) is 19.1. The third-order valence-corrected chi connectivity index (χ3v) is 6.36. The van der Waals surface area contributed by atoms with Crippen molar-refractivity contribution in [3.63, 3.8) is 0 Å². The monoisotopic (exact) mass is 405 g/mol. The standard InChI is InChI=1S/C20H24ClN3O4/c1-2-10-5-6-23(15(22)7-10)18-14(25)8-12-17(16(18)21)24(11-3-4-11)9-13(19(12)26)20(27)28/h8-11,15,25H,2-7,22H2,1H3,(H,27,28). The van der Waals surface area contributed by atoms with Crippen molar-refractivity contribution in [2.75, 3.05) is 11.4 Å². The molecule has 4 rings (SSSR count). The first-order valence-electron chi connectivity index (χ1n) is 9.69. The van der Waals surface area contributed by atoms with E-state index in [1.807, 2.05) is 4.90 Å². The summed E-state index contributed by atoms with van der Waals surface area (Å²) in [6.07, 6.45) is 5.69. The van der Waals surface area contributed by atoms with E-state index in [1.54, 1.807) is 4.57 Å². The van der Waals surface area contributed by atoms with Crippen molar-refractivity contribution in [1.82, 2.24) is 4.57 Å². The van der Waals surface area contributed by atoms with Crippen molar-refractivity contribution in [2.24, 2.45) is 11.7 Å². The van der Waals surface area contributed by atoms with Crippen LogP contribution in [0.2, 0.25) is 5.02 Å². The normalized spacial score (nSPS) is 22.6. The third-order valence-electron chi connectivity index (χ3n) is 6.00. The largest absolute Gasteiger partial charge is 0.506 e. The van der Waals surface area contributed by atoms with Gasteiger partial charge in [-0.1, -0.05) is 24.9 Å². The van der Waals surface area contributed by atoms with Crippen LogP contribution >= 0.6 is 11.6 Å². The summed E-state index contributed by atoms with van der Waals surface area (Å²) in [5, 5.41) is 20.5. The van der Waals surface area contributed by atoms with E-state index in [4.69, 9.17) is 17.3 Å². The summed E-state index contributed by atoms with van der Waals surface area (Å²) in [6.45, 7) is 2.81. The van der Waals surface area contributed by atoms with Gasteiger partial charge in [0.1, 0.15) is 17.0 Å². The molecule has 0 amide bonds. The van der Waals surface area contributed by atoms with Crippen LogP contribution in [-0.2, 0) is 0 Å². The molecule has 0 radical (unpaired) electrons. The highest BCUT2D eigenvalue weighted by Gasteiger charge is 2.32. The topological polar surface area (TPSA) is 109 Å². The number of anilines is 1. The molecule has 28 heavy (non-hydrogen) atoms. The number of aromatic hydroxyl groups is 1. The molecule has 0 bridgehead atoms. The summed E-state index contributed by atoms with van der Waals surface area (Å²) in [4.78, 5) is 26.1. The zero-order valence-corrected chi connectivity index (χ0v) is 16.4. The molecule has 1 aliphatic heterocycles. The van der Waals surface area contributed by atoms with Crippen molar-refractivity contribution in [2.45, 2.75) is 51.2 Å². The van der Waals surface area contributed by atoms with Crippen molar-refractivity contribution >= 4 is 34.2 Å². The average Bonchev–Trinajstić information content (AvgIpc) is 3.48. The lowest BCUT2D eigenvalue weighted by atomic mass is 9.92. The minimum absolute atomic E-state index is 0.107. The van der Waals surface area contributed by atoms with Gasteiger partial charge < -0.3 is 25.4 Å². The van der Waals surface area contributed by atoms with Crippen LogP contribution < -0.4 is 16.1 Å². The molecule has 2 aliphatic rings. The number of rotatable bonds is 4. The Labute approximate surface area is 167 Å². The third kappa shape index (κ3) is 3.02. The Balaban J connectivity index is 1.93. The number of phenols is 1. The van der Waals surface area contributed by atoms with E-state index in [-0.39, 0.29) is 33.9 Å². The fourth-order valence-corrected chi connectivity index (χ4v) is 4.64. The van der Waals surface area contributed by atoms with Crippen LogP contribution in [0.4, 0.5) is 5.69 Å². The highest BCUT2D eigenvalue weighted by Crippen LogP contribution is 2.45. The number of pyridine rings is 1. The predicted octanol–water partition coefficient (Wildman–Crippen LogP) is 3.30. The van der Waals surface area contributed by atoms with Gasteiger partial charge >= 0.3 is 5.97 Å². The number of hydrogen-bond acceptors (Lipinski definition) is 5. The molecule has 2 heterocycles. The second-order valence-corrected chi connectivity index (χ2v) is 8.21. The second-order valence-electron chi connectivity index (χ2n) is 7.83. The van der Waals surface area contributed by atoms with Crippen LogP contribution in [-0.4, -0.2) is 33.5 Å². The molecule has 1 saturated carbocycles. The fourth-order valence-electron chi connectivity index (χ4n) is 4.24. The van der Waals surface area contributed by atoms with Crippen LogP contribution in [0.5, 0.6) is 5.75 Å². The van der Waals surface area contributed by atoms with Crippen LogP contribution in [0, 0.1) is 5.92 Å². The fraction of sp³-hybridized carbons (Fsp3) is 0.500. The number of nitrogens with zero attached hydrogens (tertiary/aromatic N) is 2. The molecular formula is C20H24ClN3O4. The maximum Gasteiger partial charge on any atom is 0.341 e. The molecule has 2 unspecified atom stereocenters. The number of phenolic OH excluding ortho intramolecular Hbond substituents is 1. The summed E-state index contributed by atoms with van der Waals surface area (Å²) in [7, 11) is 0. The van der Waals surface area contributed by atoms with Gasteiger partial charge in [-0.05, 0) is 37.7 Å². The van der Waals surface area contributed by atoms with Crippen molar-refractivity contribution < 1.29 is 15.0 Å². The number of carboxylic acids is 1. The molecule has 2 fully saturated rings. The number of halogens is 1. The SMILES string of the molecule is CCC1CCN(c2c(O)cc3c(=O)c(C(=O)O)cn(C4CC4)c3c2Cl)C(N)C1. The van der Waals surface area contributed by atoms with Crippen LogP contribution in [0.3, 0.4) is 0 Å². The summed E-state index contributed by atoms with van der Waals surface area (Å²) in [6, 6.07) is 1.44. The number of nitrogens with two attached hydrogens (primary N) is 1. The first-order valence-corrected chi connectivity index (χ1v) is 10.1. The van der Waals surface area contributed by atoms with Crippen LogP contribution in [0.25, 0.3) is 10.9 Å². The molecule has 150 valence electrons. The van der Waals surface area contributed by atoms with Gasteiger partial charge in [-0.25, -0.2) is 4.79 Å². The number of fused-ring (bicyclic) bond motifs is 1. The van der Waals surface area contributed by atoms with E-state index in [9.17, 15) is 19.8 Å². The molecule has 7 nitrogen and oxygen atoms in total. The summed E-state index contributed by atoms with van der Waals surface area (Å²) in [5.74, 6) is -0.898. The number of piperidine rings is 1. The molecule has 4 N–H and O–H groups in total. The Morgan fingerprint density at radius 3 is 2.64 bits per heavy atom. The Bertz CT molecular complexity index is 1010. The maximum absolute atomic E-state index is 12.7. The van der Waals surface area contributed by atoms with Gasteiger partial charge in [-0.2, -0.15) is 0 Å². The van der Waals surface area contributed by atoms with Gasteiger partial charge in [-0.15, -0.1) is 0 Å². The highest BCUT2D eigenvalue weighted by atomic mass is 35.5. The smallest absolute Gasteiger partial charge is 0.341 e. The van der Waals surface area contributed by atoms with Gasteiger partial charge in [0.05, 0.1) is 22.1 Å². The number of hydrogen-bond donors (Lipinski definition) is 3. The van der Waals surface area contributed by atoms with Crippen LogP contribution in [0.1, 0.15) is 55.4 Å². The number of aromatic carboxylic acids is 1. The first-order chi connectivity index (χ1) is 13.3. The molecular weight excluding hydrogens is 382 g/mol. The van der Waals surface area contributed by atoms with E-state index < -0.39 is 11.4 Å². The van der Waals surface area contributed by atoms with E-state index in [0.29, 0.717) is 23.7 Å². The Kier molecular flexibility index (Phi) is 4.75. The van der Waals surface area contributed by atoms with Crippen molar-refractivity contribution in [3.8, 4) is 5.75 Å². The average molecular weight is 406 g/mol. The molecule has 2 aromatic rings. The molecule has 0 spiro atoms. The highest BCUT2D eigenvalue weighted by molar-refractivity contribution is 6.38. The maximum atomic E-state index is 12.7. The molecule has 1 aliphatic carbocycles. The van der Waals surface area contributed by atoms with Crippen molar-refractivity contribution in [1.29, 1.82) is 0 Å². The number of benzene rings is 1. The van der Waals surface area contributed by atoms with Gasteiger partial charge in [0.2, 0.25) is 5.43 Å². The van der Waals surface area contributed by atoms with Gasteiger partial charge in [-0.3, -0.25) is 4.79 Å². The van der Waals surface area contributed by atoms with Gasteiger partial charge in [0.25, 0.3) is 0 Å². The molecule has 8 heteroatoms. The number of aromatic nitrogens is 1. The van der Waals surface area contributed by atoms with E-state index in [1.165, 1.54) is 12.3 Å². The molecule has 1 aromatic carbocycles. The molecule has 1 aromatic heterocycles. The van der Waals surface area contributed by atoms with E-state index >= 15 is 0 Å². The Hall–Kier alpha value is -2.25. The number of carbonyl (C=O) groups is 1. The van der Waals surface area contributed by atoms with Crippen LogP contribution in [0.15, 0.2) is 17.1 Å². The lowest BCUT2D eigenvalue weighted by Crippen LogP contribution is -2.48. The van der Waals surface area contributed by atoms with Crippen molar-refractivity contribution in [3.05, 3.63) is 33.1 Å². The molecule has 1 saturated heterocycles. The predicted molar refractivity (Wildman–Crippen MR) is 108 cm³/mol.